The van der Waals surface area contributed by atoms with Crippen molar-refractivity contribution in [1.82, 2.24) is 10.3 Å². The summed E-state index contributed by atoms with van der Waals surface area (Å²) >= 11 is 6.21. The van der Waals surface area contributed by atoms with Crippen LogP contribution in [0.2, 0.25) is 5.02 Å². The van der Waals surface area contributed by atoms with Crippen LogP contribution in [-0.4, -0.2) is 25.7 Å². The summed E-state index contributed by atoms with van der Waals surface area (Å²) in [6.45, 7) is 1.02. The molecule has 1 heterocycles. The average molecular weight is 279 g/mol. The Morgan fingerprint density at radius 2 is 2.32 bits per heavy atom. The number of ether oxygens (including phenoxy) is 1. The van der Waals surface area contributed by atoms with Crippen molar-refractivity contribution in [2.24, 2.45) is 0 Å². The van der Waals surface area contributed by atoms with Crippen molar-refractivity contribution in [3.63, 3.8) is 0 Å². The van der Waals surface area contributed by atoms with Gasteiger partial charge in [-0.15, -0.1) is 0 Å². The normalized spacial score (nSPS) is 18.6. The second-order valence-corrected chi connectivity index (χ2v) is 5.60. The van der Waals surface area contributed by atoms with Gasteiger partial charge in [0.2, 0.25) is 0 Å². The van der Waals surface area contributed by atoms with Crippen LogP contribution in [0.3, 0.4) is 0 Å². The van der Waals surface area contributed by atoms with Gasteiger partial charge in [0.05, 0.1) is 12.1 Å². The zero-order valence-corrected chi connectivity index (χ0v) is 12.1. The van der Waals surface area contributed by atoms with Gasteiger partial charge in [0.1, 0.15) is 5.75 Å². The molecular weight excluding hydrogens is 260 g/mol. The average Bonchev–Trinajstić information content (AvgIpc) is 2.76. The molecule has 0 aliphatic heterocycles. The standard InChI is InChI=1S/C15H19ClN2O/c1-17-8-9-4-3-5-12-15(9)10-6-14(19-2)11(16)7-13(10)18-12/h6-7,9,17-18H,3-5,8H2,1-2H3. The third kappa shape index (κ3) is 2.11. The molecule has 0 amide bonds. The Balaban J connectivity index is 2.19. The first kappa shape index (κ1) is 12.8. The number of aromatic amines is 1. The fourth-order valence-electron chi connectivity index (χ4n) is 3.21. The predicted octanol–water partition coefficient (Wildman–Crippen LogP) is 3.47. The Hall–Kier alpha value is -1.19. The van der Waals surface area contributed by atoms with Crippen LogP contribution in [0.25, 0.3) is 10.9 Å². The first-order valence-electron chi connectivity index (χ1n) is 6.77. The highest BCUT2D eigenvalue weighted by Gasteiger charge is 2.24. The zero-order valence-electron chi connectivity index (χ0n) is 11.3. The highest BCUT2D eigenvalue weighted by Crippen LogP contribution is 2.40. The number of halogens is 1. The van der Waals surface area contributed by atoms with E-state index < -0.39 is 0 Å². The molecule has 4 heteroatoms. The van der Waals surface area contributed by atoms with Crippen LogP contribution in [0, 0.1) is 0 Å². The number of aryl methyl sites for hydroxylation is 1. The van der Waals surface area contributed by atoms with Crippen molar-refractivity contribution in [1.29, 1.82) is 0 Å². The van der Waals surface area contributed by atoms with Gasteiger partial charge in [-0.05, 0) is 49.9 Å². The molecule has 1 aliphatic carbocycles. The van der Waals surface area contributed by atoms with Gasteiger partial charge in [-0.1, -0.05) is 11.6 Å². The van der Waals surface area contributed by atoms with Crippen molar-refractivity contribution in [3.8, 4) is 5.75 Å². The Labute approximate surface area is 118 Å². The molecule has 2 N–H and O–H groups in total. The minimum Gasteiger partial charge on any atom is -0.495 e. The number of hydrogen-bond donors (Lipinski definition) is 2. The van der Waals surface area contributed by atoms with Gasteiger partial charge in [-0.2, -0.15) is 0 Å². The lowest BCUT2D eigenvalue weighted by molar-refractivity contribution is 0.415. The smallest absolute Gasteiger partial charge is 0.138 e. The highest BCUT2D eigenvalue weighted by atomic mass is 35.5. The molecule has 1 aliphatic rings. The SMILES string of the molecule is CNCC1CCCc2[nH]c3cc(Cl)c(OC)cc3c21. The van der Waals surface area contributed by atoms with E-state index in [0.29, 0.717) is 10.9 Å². The minimum atomic E-state index is 0.577. The molecule has 3 rings (SSSR count). The van der Waals surface area contributed by atoms with E-state index in [9.17, 15) is 0 Å². The van der Waals surface area contributed by atoms with E-state index in [2.05, 4.69) is 16.4 Å². The van der Waals surface area contributed by atoms with Crippen LogP contribution < -0.4 is 10.1 Å². The largest absolute Gasteiger partial charge is 0.495 e. The number of H-pyrrole nitrogens is 1. The molecule has 2 aromatic rings. The maximum atomic E-state index is 6.21. The fraction of sp³-hybridized carbons (Fsp3) is 0.467. The third-order valence-electron chi connectivity index (χ3n) is 4.03. The summed E-state index contributed by atoms with van der Waals surface area (Å²) in [5.74, 6) is 1.33. The molecule has 19 heavy (non-hydrogen) atoms. The lowest BCUT2D eigenvalue weighted by atomic mass is 9.85. The van der Waals surface area contributed by atoms with E-state index >= 15 is 0 Å². The number of hydrogen-bond acceptors (Lipinski definition) is 2. The summed E-state index contributed by atoms with van der Waals surface area (Å²) in [5.41, 5.74) is 3.94. The van der Waals surface area contributed by atoms with E-state index in [1.807, 2.05) is 13.1 Å². The van der Waals surface area contributed by atoms with E-state index in [0.717, 1.165) is 24.2 Å². The predicted molar refractivity (Wildman–Crippen MR) is 79.5 cm³/mol. The van der Waals surface area contributed by atoms with Gasteiger partial charge >= 0.3 is 0 Å². The first-order chi connectivity index (χ1) is 9.24. The first-order valence-corrected chi connectivity index (χ1v) is 7.15. The number of likely N-dealkylation sites (N-methyl/N-ethyl adjacent to an activating group) is 1. The van der Waals surface area contributed by atoms with Gasteiger partial charge in [0.25, 0.3) is 0 Å². The van der Waals surface area contributed by atoms with Crippen LogP contribution >= 0.6 is 11.6 Å². The van der Waals surface area contributed by atoms with E-state index in [1.54, 1.807) is 7.11 Å². The number of nitrogens with one attached hydrogen (secondary N) is 2. The van der Waals surface area contributed by atoms with Crippen LogP contribution in [0.4, 0.5) is 0 Å². The van der Waals surface area contributed by atoms with Gasteiger partial charge in [-0.3, -0.25) is 0 Å². The van der Waals surface area contributed by atoms with Gasteiger partial charge < -0.3 is 15.0 Å². The molecule has 0 spiro atoms. The molecule has 1 unspecified atom stereocenters. The fourth-order valence-corrected chi connectivity index (χ4v) is 3.45. The topological polar surface area (TPSA) is 37.0 Å². The Morgan fingerprint density at radius 1 is 1.47 bits per heavy atom. The van der Waals surface area contributed by atoms with Crippen LogP contribution in [0.5, 0.6) is 5.75 Å². The van der Waals surface area contributed by atoms with Crippen molar-refractivity contribution in [3.05, 3.63) is 28.4 Å². The minimum absolute atomic E-state index is 0.577. The molecule has 102 valence electrons. The van der Waals surface area contributed by atoms with Crippen molar-refractivity contribution >= 4 is 22.5 Å². The summed E-state index contributed by atoms with van der Waals surface area (Å²) < 4.78 is 5.35. The number of rotatable bonds is 3. The maximum Gasteiger partial charge on any atom is 0.138 e. The molecule has 0 fully saturated rings. The van der Waals surface area contributed by atoms with Gasteiger partial charge in [0.15, 0.2) is 0 Å². The van der Waals surface area contributed by atoms with Crippen LogP contribution in [-0.2, 0) is 6.42 Å². The molecule has 3 nitrogen and oxygen atoms in total. The summed E-state index contributed by atoms with van der Waals surface area (Å²) in [7, 11) is 3.68. The van der Waals surface area contributed by atoms with Gasteiger partial charge in [-0.25, -0.2) is 0 Å². The molecular formula is C15H19ClN2O. The van der Waals surface area contributed by atoms with Crippen molar-refractivity contribution < 1.29 is 4.74 Å². The lowest BCUT2D eigenvalue weighted by Gasteiger charge is -2.22. The summed E-state index contributed by atoms with van der Waals surface area (Å²) in [4.78, 5) is 3.53. The Bertz CT molecular complexity index is 606. The lowest BCUT2D eigenvalue weighted by Crippen LogP contribution is -2.20. The highest BCUT2D eigenvalue weighted by molar-refractivity contribution is 6.32. The summed E-state index contributed by atoms with van der Waals surface area (Å²) in [6.07, 6.45) is 3.62. The molecule has 0 radical (unpaired) electrons. The Kier molecular flexibility index (Phi) is 3.42. The number of aromatic nitrogens is 1. The molecule has 1 aromatic carbocycles. The Morgan fingerprint density at radius 3 is 3.05 bits per heavy atom. The second kappa shape index (κ2) is 5.06. The molecule has 0 saturated heterocycles. The molecule has 1 atom stereocenters. The zero-order chi connectivity index (χ0) is 13.4. The molecule has 1 aromatic heterocycles. The van der Waals surface area contributed by atoms with E-state index in [4.69, 9.17) is 16.3 Å². The molecule has 0 saturated carbocycles. The number of fused-ring (bicyclic) bond motifs is 3. The third-order valence-corrected chi connectivity index (χ3v) is 4.33. The second-order valence-electron chi connectivity index (χ2n) is 5.20. The van der Waals surface area contributed by atoms with Crippen molar-refractivity contribution in [2.45, 2.75) is 25.2 Å². The monoisotopic (exact) mass is 278 g/mol. The van der Waals surface area contributed by atoms with E-state index in [1.165, 1.54) is 29.5 Å². The number of benzene rings is 1. The summed E-state index contributed by atoms with van der Waals surface area (Å²) in [5, 5.41) is 5.23. The summed E-state index contributed by atoms with van der Waals surface area (Å²) in [6, 6.07) is 4.05. The van der Waals surface area contributed by atoms with Crippen LogP contribution in [0.1, 0.15) is 30.0 Å². The van der Waals surface area contributed by atoms with Gasteiger partial charge in [0, 0.05) is 23.1 Å². The quantitative estimate of drug-likeness (QED) is 0.902. The van der Waals surface area contributed by atoms with E-state index in [-0.39, 0.29) is 0 Å². The van der Waals surface area contributed by atoms with Crippen molar-refractivity contribution in [2.75, 3.05) is 20.7 Å². The molecule has 0 bridgehead atoms. The van der Waals surface area contributed by atoms with Crippen LogP contribution in [0.15, 0.2) is 12.1 Å². The number of methoxy groups -OCH3 is 1. The maximum absolute atomic E-state index is 6.21.